The number of para-hydroxylation sites is 2. The molecule has 0 aliphatic heterocycles. The maximum Gasteiger partial charge on any atom is 0.261 e. The van der Waals surface area contributed by atoms with E-state index in [4.69, 9.17) is 9.15 Å². The summed E-state index contributed by atoms with van der Waals surface area (Å²) in [5, 5.41) is 2.66. The van der Waals surface area contributed by atoms with Crippen LogP contribution >= 0.6 is 0 Å². The molecule has 2 heterocycles. The Morgan fingerprint density at radius 3 is 2.75 bits per heavy atom. The summed E-state index contributed by atoms with van der Waals surface area (Å²) in [6, 6.07) is 11.8. The Morgan fingerprint density at radius 2 is 2.00 bits per heavy atom. The number of nitrogens with one attached hydrogen (secondary N) is 2. The summed E-state index contributed by atoms with van der Waals surface area (Å²) < 4.78 is 10.6. The van der Waals surface area contributed by atoms with Gasteiger partial charge in [0, 0.05) is 23.6 Å². The van der Waals surface area contributed by atoms with Gasteiger partial charge in [-0.25, -0.2) is 0 Å². The molecule has 0 spiro atoms. The number of fused-ring (bicyclic) bond motifs is 1. The first kappa shape index (κ1) is 17.8. The van der Waals surface area contributed by atoms with Crippen molar-refractivity contribution in [2.75, 3.05) is 12.4 Å². The Hall–Kier alpha value is -3.61. The van der Waals surface area contributed by atoms with Crippen LogP contribution in [-0.2, 0) is 6.42 Å². The number of Topliss-reactive ketones (excluding diaryl/α,β-unsaturated/α-hetero) is 1. The molecular weight excluding hydrogens is 360 g/mol. The maximum atomic E-state index is 12.6. The van der Waals surface area contributed by atoms with Crippen molar-refractivity contribution >= 4 is 17.4 Å². The number of anilines is 1. The van der Waals surface area contributed by atoms with E-state index >= 15 is 0 Å². The fourth-order valence-electron chi connectivity index (χ4n) is 3.46. The molecule has 1 aromatic carbocycles. The molecule has 0 fully saturated rings. The third-order valence-electron chi connectivity index (χ3n) is 4.85. The number of H-pyrrole nitrogens is 1. The van der Waals surface area contributed by atoms with E-state index in [0.717, 1.165) is 0 Å². The zero-order valence-electron chi connectivity index (χ0n) is 15.2. The molecule has 2 aromatic heterocycles. The highest BCUT2D eigenvalue weighted by atomic mass is 16.5. The lowest BCUT2D eigenvalue weighted by Crippen LogP contribution is -2.29. The average Bonchev–Trinajstić information content (AvgIpc) is 3.22. The topological polar surface area (TPSA) is 101 Å². The first-order chi connectivity index (χ1) is 13.6. The fraction of sp³-hybridized carbons (Fsp3) is 0.190. The second-order valence-corrected chi connectivity index (χ2v) is 6.60. The number of rotatable bonds is 4. The van der Waals surface area contributed by atoms with Crippen LogP contribution in [0.1, 0.15) is 44.5 Å². The van der Waals surface area contributed by atoms with E-state index in [-0.39, 0.29) is 23.7 Å². The third kappa shape index (κ3) is 3.22. The molecule has 1 aliphatic rings. The van der Waals surface area contributed by atoms with Crippen molar-refractivity contribution in [3.63, 3.8) is 0 Å². The lowest BCUT2D eigenvalue weighted by atomic mass is 9.84. The van der Waals surface area contributed by atoms with Crippen LogP contribution in [0.5, 0.6) is 5.75 Å². The number of furan rings is 1. The molecule has 1 atom stereocenters. The molecule has 1 aliphatic carbocycles. The van der Waals surface area contributed by atoms with Crippen LogP contribution in [0.4, 0.5) is 5.69 Å². The monoisotopic (exact) mass is 378 g/mol. The van der Waals surface area contributed by atoms with Gasteiger partial charge >= 0.3 is 0 Å². The zero-order chi connectivity index (χ0) is 19.7. The van der Waals surface area contributed by atoms with Gasteiger partial charge in [0.1, 0.15) is 17.1 Å². The fourth-order valence-corrected chi connectivity index (χ4v) is 3.46. The van der Waals surface area contributed by atoms with Gasteiger partial charge in [-0.1, -0.05) is 12.1 Å². The van der Waals surface area contributed by atoms with Crippen LogP contribution in [-0.4, -0.2) is 23.8 Å². The zero-order valence-corrected chi connectivity index (χ0v) is 15.2. The highest BCUT2D eigenvalue weighted by Crippen LogP contribution is 2.32. The third-order valence-corrected chi connectivity index (χ3v) is 4.85. The molecule has 7 nitrogen and oxygen atoms in total. The largest absolute Gasteiger partial charge is 0.495 e. The van der Waals surface area contributed by atoms with Crippen molar-refractivity contribution in [3.05, 3.63) is 81.7 Å². The molecule has 0 saturated heterocycles. The van der Waals surface area contributed by atoms with Gasteiger partial charge in [0.15, 0.2) is 5.78 Å². The van der Waals surface area contributed by atoms with Crippen molar-refractivity contribution in [2.24, 2.45) is 0 Å². The van der Waals surface area contributed by atoms with E-state index < -0.39 is 11.5 Å². The van der Waals surface area contributed by atoms with Crippen LogP contribution in [0.3, 0.4) is 0 Å². The van der Waals surface area contributed by atoms with Gasteiger partial charge in [-0.15, -0.1) is 0 Å². The Labute approximate surface area is 160 Å². The smallest absolute Gasteiger partial charge is 0.261 e. The second kappa shape index (κ2) is 7.19. The average molecular weight is 378 g/mol. The minimum Gasteiger partial charge on any atom is -0.495 e. The van der Waals surface area contributed by atoms with Crippen molar-refractivity contribution in [1.82, 2.24) is 4.98 Å². The molecule has 3 aromatic rings. The number of carbonyl (C=O) groups is 2. The first-order valence-corrected chi connectivity index (χ1v) is 8.84. The predicted octanol–water partition coefficient (Wildman–Crippen LogP) is 3.14. The number of ether oxygens (including phenoxy) is 1. The van der Waals surface area contributed by atoms with Crippen LogP contribution in [0, 0.1) is 0 Å². The lowest BCUT2D eigenvalue weighted by molar-refractivity contribution is 0.0959. The Kier molecular flexibility index (Phi) is 4.57. The quantitative estimate of drug-likeness (QED) is 0.726. The Balaban J connectivity index is 1.64. The van der Waals surface area contributed by atoms with E-state index in [1.807, 2.05) is 6.07 Å². The number of aromatic nitrogens is 1. The minimum atomic E-state index is -0.602. The molecule has 0 unspecified atom stereocenters. The van der Waals surface area contributed by atoms with Gasteiger partial charge < -0.3 is 19.5 Å². The summed E-state index contributed by atoms with van der Waals surface area (Å²) in [5.74, 6) is 0.319. The van der Waals surface area contributed by atoms with E-state index in [9.17, 15) is 14.4 Å². The van der Waals surface area contributed by atoms with E-state index in [0.29, 0.717) is 34.9 Å². The summed E-state index contributed by atoms with van der Waals surface area (Å²) in [7, 11) is 1.49. The molecular formula is C21H18N2O5. The summed E-state index contributed by atoms with van der Waals surface area (Å²) in [6.07, 6.45) is 2.29. The first-order valence-electron chi connectivity index (χ1n) is 8.84. The number of methoxy groups -OCH3 is 1. The number of hydrogen-bond donors (Lipinski definition) is 2. The normalized spacial score (nSPS) is 15.8. The molecule has 0 saturated carbocycles. The Morgan fingerprint density at radius 1 is 1.18 bits per heavy atom. The van der Waals surface area contributed by atoms with Gasteiger partial charge in [0.2, 0.25) is 0 Å². The molecule has 2 N–H and O–H groups in total. The summed E-state index contributed by atoms with van der Waals surface area (Å²) >= 11 is 0. The number of aromatic amines is 1. The minimum absolute atomic E-state index is 0.116. The van der Waals surface area contributed by atoms with Crippen LogP contribution in [0.25, 0.3) is 0 Å². The van der Waals surface area contributed by atoms with Gasteiger partial charge in [0.05, 0.1) is 19.1 Å². The Bertz CT molecular complexity index is 1100. The summed E-state index contributed by atoms with van der Waals surface area (Å²) in [5.41, 5.74) is 0.675. The van der Waals surface area contributed by atoms with E-state index in [1.165, 1.54) is 13.2 Å². The number of pyridine rings is 1. The predicted molar refractivity (Wildman–Crippen MR) is 102 cm³/mol. The van der Waals surface area contributed by atoms with Crippen molar-refractivity contribution in [1.29, 1.82) is 0 Å². The van der Waals surface area contributed by atoms with Crippen molar-refractivity contribution < 1.29 is 18.7 Å². The highest BCUT2D eigenvalue weighted by Gasteiger charge is 2.30. The number of hydrogen-bond acceptors (Lipinski definition) is 5. The number of carbonyl (C=O) groups excluding carboxylic acids is 2. The van der Waals surface area contributed by atoms with Gasteiger partial charge in [-0.2, -0.15) is 0 Å². The SMILES string of the molecule is COc1ccccc1NC(=O)c1cc2c([nH]c1=O)C[C@@H](c1ccco1)CC2=O. The van der Waals surface area contributed by atoms with Crippen molar-refractivity contribution in [2.45, 2.75) is 18.8 Å². The van der Waals surface area contributed by atoms with Gasteiger partial charge in [-0.3, -0.25) is 14.4 Å². The van der Waals surface area contributed by atoms with Gasteiger partial charge in [0.25, 0.3) is 11.5 Å². The second-order valence-electron chi connectivity index (χ2n) is 6.60. The van der Waals surface area contributed by atoms with Crippen molar-refractivity contribution in [3.8, 4) is 5.75 Å². The van der Waals surface area contributed by atoms with Crippen LogP contribution in [0.15, 0.2) is 57.9 Å². The molecule has 142 valence electrons. The molecule has 28 heavy (non-hydrogen) atoms. The summed E-state index contributed by atoms with van der Waals surface area (Å²) in [6.45, 7) is 0. The molecule has 4 rings (SSSR count). The standard InChI is InChI=1S/C21H18N2O5/c1-27-19-6-3-2-5-15(19)22-20(25)14-11-13-16(23-21(14)26)9-12(10-17(13)24)18-7-4-8-28-18/h2-8,11-12H,9-10H2,1H3,(H,22,25)(H,23,26)/t12-/m1/s1. The maximum absolute atomic E-state index is 12.6. The van der Waals surface area contributed by atoms with E-state index in [1.54, 1.807) is 36.6 Å². The van der Waals surface area contributed by atoms with Crippen LogP contribution in [0.2, 0.25) is 0 Å². The summed E-state index contributed by atoms with van der Waals surface area (Å²) in [4.78, 5) is 40.5. The number of ketones is 1. The number of benzene rings is 1. The molecule has 0 radical (unpaired) electrons. The number of amides is 1. The highest BCUT2D eigenvalue weighted by molar-refractivity contribution is 6.07. The van der Waals surface area contributed by atoms with E-state index in [2.05, 4.69) is 10.3 Å². The molecule has 7 heteroatoms. The lowest BCUT2D eigenvalue weighted by Gasteiger charge is -2.22. The molecule has 1 amide bonds. The van der Waals surface area contributed by atoms with Crippen LogP contribution < -0.4 is 15.6 Å². The molecule has 0 bridgehead atoms. The van der Waals surface area contributed by atoms with Gasteiger partial charge in [-0.05, 0) is 36.8 Å².